The van der Waals surface area contributed by atoms with E-state index in [4.69, 9.17) is 4.74 Å². The highest BCUT2D eigenvalue weighted by Gasteiger charge is 2.34. The monoisotopic (exact) mass is 387 g/mol. The Kier molecular flexibility index (Phi) is 6.75. The molecule has 2 atom stereocenters. The summed E-state index contributed by atoms with van der Waals surface area (Å²) in [7, 11) is 0. The first-order valence-corrected chi connectivity index (χ1v) is 7.86. The van der Waals surface area contributed by atoms with Crippen LogP contribution in [0.2, 0.25) is 0 Å². The minimum absolute atomic E-state index is 0.00453. The molecule has 0 aliphatic rings. The van der Waals surface area contributed by atoms with Crippen molar-refractivity contribution in [3.05, 3.63) is 71.0 Å². The molecular weight excluding hydrogens is 370 g/mol. The lowest BCUT2D eigenvalue weighted by atomic mass is 10.0. The lowest BCUT2D eigenvalue weighted by Crippen LogP contribution is -2.35. The van der Waals surface area contributed by atoms with Gasteiger partial charge in [-0.2, -0.15) is 13.2 Å². The molecule has 0 heterocycles. The summed E-state index contributed by atoms with van der Waals surface area (Å²) in [6.45, 7) is -0.452. The number of nitrogens with one attached hydrogen (secondary N) is 1. The first-order chi connectivity index (χ1) is 12.7. The molecule has 5 nitrogen and oxygen atoms in total. The average molecular weight is 387 g/mol. The molecule has 3 N–H and O–H groups in total. The zero-order valence-corrected chi connectivity index (χ0v) is 13.9. The van der Waals surface area contributed by atoms with Gasteiger partial charge in [-0.15, -0.1) is 0 Å². The van der Waals surface area contributed by atoms with E-state index in [0.29, 0.717) is 12.1 Å². The Labute approximate surface area is 152 Å². The lowest BCUT2D eigenvalue weighted by Gasteiger charge is -2.19. The number of aliphatic hydroxyl groups is 2. The summed E-state index contributed by atoms with van der Waals surface area (Å²) in [5.74, 6) is -1.57. The molecule has 0 aliphatic carbocycles. The highest BCUT2D eigenvalue weighted by Crippen LogP contribution is 2.32. The van der Waals surface area contributed by atoms with Crippen molar-refractivity contribution < 1.29 is 37.3 Å². The topological polar surface area (TPSA) is 78.8 Å². The normalized spacial score (nSPS) is 13.7. The molecule has 0 aromatic heterocycles. The van der Waals surface area contributed by atoms with Gasteiger partial charge in [0, 0.05) is 6.54 Å². The number of ether oxygens (including phenoxy) is 1. The highest BCUT2D eigenvalue weighted by atomic mass is 19.4. The van der Waals surface area contributed by atoms with Crippen LogP contribution in [0, 0.1) is 5.82 Å². The minimum atomic E-state index is -4.86. The van der Waals surface area contributed by atoms with Crippen molar-refractivity contribution in [2.45, 2.75) is 25.0 Å². The third-order valence-electron chi connectivity index (χ3n) is 3.67. The number of halogens is 4. The second kappa shape index (κ2) is 8.83. The number of hydrogen-bond donors (Lipinski definition) is 3. The van der Waals surface area contributed by atoms with E-state index in [1.54, 1.807) is 30.3 Å². The first-order valence-electron chi connectivity index (χ1n) is 7.86. The number of amides is 1. The number of carbonyl (C=O) groups is 1. The van der Waals surface area contributed by atoms with Crippen LogP contribution in [0.15, 0.2) is 48.5 Å². The Hall–Kier alpha value is -2.65. The van der Waals surface area contributed by atoms with E-state index >= 15 is 0 Å². The highest BCUT2D eigenvalue weighted by molar-refractivity contribution is 5.67. The van der Waals surface area contributed by atoms with E-state index in [0.717, 1.165) is 11.6 Å². The molecule has 2 rings (SSSR count). The third-order valence-corrected chi connectivity index (χ3v) is 3.67. The van der Waals surface area contributed by atoms with Crippen LogP contribution in [-0.4, -0.2) is 29.0 Å². The van der Waals surface area contributed by atoms with Crippen LogP contribution in [-0.2, 0) is 17.5 Å². The van der Waals surface area contributed by atoms with Gasteiger partial charge >= 0.3 is 12.3 Å². The third kappa shape index (κ3) is 5.93. The molecule has 0 radical (unpaired) electrons. The Morgan fingerprint density at radius 2 is 1.78 bits per heavy atom. The van der Waals surface area contributed by atoms with Crippen molar-refractivity contribution in [3.63, 3.8) is 0 Å². The summed E-state index contributed by atoms with van der Waals surface area (Å²) in [5.41, 5.74) is -0.989. The van der Waals surface area contributed by atoms with Gasteiger partial charge in [0.15, 0.2) is 0 Å². The van der Waals surface area contributed by atoms with Crippen LogP contribution in [0.25, 0.3) is 0 Å². The second-order valence-corrected chi connectivity index (χ2v) is 5.69. The Morgan fingerprint density at radius 3 is 2.37 bits per heavy atom. The molecule has 0 spiro atoms. The van der Waals surface area contributed by atoms with E-state index in [9.17, 15) is 32.6 Å². The van der Waals surface area contributed by atoms with Crippen molar-refractivity contribution >= 4 is 6.09 Å². The molecule has 27 heavy (non-hydrogen) atoms. The fraction of sp³-hybridized carbons (Fsp3) is 0.278. The summed E-state index contributed by atoms with van der Waals surface area (Å²) >= 11 is 0. The molecule has 0 fully saturated rings. The van der Waals surface area contributed by atoms with Crippen LogP contribution < -0.4 is 5.32 Å². The number of alkyl halides is 3. The van der Waals surface area contributed by atoms with Gasteiger partial charge in [-0.1, -0.05) is 36.4 Å². The van der Waals surface area contributed by atoms with Crippen LogP contribution in [0.5, 0.6) is 0 Å². The van der Waals surface area contributed by atoms with Gasteiger partial charge in [0.05, 0.1) is 5.56 Å². The maximum Gasteiger partial charge on any atom is 0.419 e. The number of hydrogen-bond acceptors (Lipinski definition) is 4. The number of carbonyl (C=O) groups excluding carboxylic acids is 1. The van der Waals surface area contributed by atoms with Crippen molar-refractivity contribution in [2.24, 2.45) is 0 Å². The molecular formula is C18H17F4NO4. The van der Waals surface area contributed by atoms with Crippen molar-refractivity contribution in [1.82, 2.24) is 5.32 Å². The molecule has 1 amide bonds. The smallest absolute Gasteiger partial charge is 0.419 e. The standard InChI is InChI=1S/C18H17F4NO4/c19-14-8-12(6-7-13(14)18(20,21)22)16(25)15(24)9-23-17(26)27-10-11-4-2-1-3-5-11/h1-8,15-16,24-25H,9-10H2,(H,23,26). The van der Waals surface area contributed by atoms with E-state index in [2.05, 4.69) is 5.32 Å². The number of alkyl carbamates (subject to hydrolysis) is 1. The minimum Gasteiger partial charge on any atom is -0.445 e. The van der Waals surface area contributed by atoms with Gasteiger partial charge in [0.2, 0.25) is 0 Å². The van der Waals surface area contributed by atoms with Gasteiger partial charge in [0.25, 0.3) is 0 Å². The van der Waals surface area contributed by atoms with Crippen molar-refractivity contribution in [3.8, 4) is 0 Å². The molecule has 2 aromatic carbocycles. The molecule has 0 saturated heterocycles. The zero-order valence-electron chi connectivity index (χ0n) is 13.9. The predicted molar refractivity (Wildman–Crippen MR) is 87.0 cm³/mol. The van der Waals surface area contributed by atoms with E-state index in [1.165, 1.54) is 0 Å². The predicted octanol–water partition coefficient (Wildman–Crippen LogP) is 3.17. The Morgan fingerprint density at radius 1 is 1.11 bits per heavy atom. The second-order valence-electron chi connectivity index (χ2n) is 5.69. The summed E-state index contributed by atoms with van der Waals surface area (Å²) in [6.07, 6.45) is -9.00. The van der Waals surface area contributed by atoms with E-state index in [1.807, 2.05) is 0 Å². The molecule has 2 aromatic rings. The molecule has 0 bridgehead atoms. The van der Waals surface area contributed by atoms with Crippen LogP contribution in [0.4, 0.5) is 22.4 Å². The van der Waals surface area contributed by atoms with E-state index in [-0.39, 0.29) is 12.2 Å². The van der Waals surface area contributed by atoms with Crippen molar-refractivity contribution in [1.29, 1.82) is 0 Å². The van der Waals surface area contributed by atoms with Crippen molar-refractivity contribution in [2.75, 3.05) is 6.54 Å². The maximum absolute atomic E-state index is 13.5. The summed E-state index contributed by atoms with van der Waals surface area (Å²) < 4.78 is 56.0. The van der Waals surface area contributed by atoms with Gasteiger partial charge in [-0.25, -0.2) is 9.18 Å². The first kappa shape index (κ1) is 20.7. The van der Waals surface area contributed by atoms with Gasteiger partial charge in [0.1, 0.15) is 24.6 Å². The fourth-order valence-electron chi connectivity index (χ4n) is 2.24. The number of benzene rings is 2. The van der Waals surface area contributed by atoms with Crippen LogP contribution in [0.1, 0.15) is 22.8 Å². The van der Waals surface area contributed by atoms with Crippen LogP contribution in [0.3, 0.4) is 0 Å². The summed E-state index contributed by atoms with van der Waals surface area (Å²) in [4.78, 5) is 11.6. The van der Waals surface area contributed by atoms with E-state index < -0.39 is 42.4 Å². The lowest BCUT2D eigenvalue weighted by molar-refractivity contribution is -0.140. The zero-order chi connectivity index (χ0) is 20.0. The largest absolute Gasteiger partial charge is 0.445 e. The fourth-order valence-corrected chi connectivity index (χ4v) is 2.24. The van der Waals surface area contributed by atoms with Gasteiger partial charge in [-0.3, -0.25) is 0 Å². The SMILES string of the molecule is O=C(NCC(O)C(O)c1ccc(C(F)(F)F)c(F)c1)OCc1ccccc1. The molecule has 146 valence electrons. The molecule has 0 aliphatic heterocycles. The maximum atomic E-state index is 13.5. The average Bonchev–Trinajstić information content (AvgIpc) is 2.63. The molecule has 0 saturated carbocycles. The number of aliphatic hydroxyl groups excluding tert-OH is 2. The number of rotatable bonds is 6. The van der Waals surface area contributed by atoms with Crippen LogP contribution >= 0.6 is 0 Å². The Bertz CT molecular complexity index is 768. The Balaban J connectivity index is 1.87. The molecule has 2 unspecified atom stereocenters. The quantitative estimate of drug-likeness (QED) is 0.666. The van der Waals surface area contributed by atoms with Gasteiger partial charge < -0.3 is 20.3 Å². The summed E-state index contributed by atoms with van der Waals surface area (Å²) in [5, 5.41) is 22.0. The molecule has 9 heteroatoms. The summed E-state index contributed by atoms with van der Waals surface area (Å²) in [6, 6.07) is 10.6. The van der Waals surface area contributed by atoms with Gasteiger partial charge in [-0.05, 0) is 23.3 Å².